The van der Waals surface area contributed by atoms with Gasteiger partial charge < -0.3 is 9.47 Å². The SMILES string of the molecule is COc1cccc(Oc2n[nH]c(Cl)cc2=O)c1. The molecule has 1 heterocycles. The smallest absolute Gasteiger partial charge is 0.285 e. The third-order valence-corrected chi connectivity index (χ3v) is 2.18. The molecule has 0 spiro atoms. The second-order valence-electron chi connectivity index (χ2n) is 3.17. The maximum absolute atomic E-state index is 11.5. The van der Waals surface area contributed by atoms with Crippen molar-refractivity contribution in [1.29, 1.82) is 0 Å². The molecule has 0 aliphatic rings. The molecule has 1 N–H and O–H groups in total. The van der Waals surface area contributed by atoms with E-state index in [2.05, 4.69) is 10.2 Å². The van der Waals surface area contributed by atoms with E-state index in [-0.39, 0.29) is 11.0 Å². The molecule has 0 bridgehead atoms. The summed E-state index contributed by atoms with van der Waals surface area (Å²) >= 11 is 5.57. The zero-order valence-electron chi connectivity index (χ0n) is 8.94. The lowest BCUT2D eigenvalue weighted by Gasteiger charge is -2.05. The molecule has 0 atom stereocenters. The average Bonchev–Trinajstić information content (AvgIpc) is 2.33. The number of aromatic amines is 1. The van der Waals surface area contributed by atoms with Gasteiger partial charge in [-0.25, -0.2) is 0 Å². The summed E-state index contributed by atoms with van der Waals surface area (Å²) in [4.78, 5) is 11.5. The summed E-state index contributed by atoms with van der Waals surface area (Å²) in [5, 5.41) is 6.31. The topological polar surface area (TPSA) is 64.2 Å². The van der Waals surface area contributed by atoms with Crippen LogP contribution in [0.15, 0.2) is 35.1 Å². The van der Waals surface area contributed by atoms with Gasteiger partial charge in [0.1, 0.15) is 16.7 Å². The molecule has 2 aromatic rings. The van der Waals surface area contributed by atoms with Crippen molar-refractivity contribution in [3.05, 3.63) is 45.7 Å². The molecule has 5 nitrogen and oxygen atoms in total. The van der Waals surface area contributed by atoms with Crippen molar-refractivity contribution in [2.24, 2.45) is 0 Å². The summed E-state index contributed by atoms with van der Waals surface area (Å²) in [5.41, 5.74) is -0.392. The van der Waals surface area contributed by atoms with E-state index in [4.69, 9.17) is 21.1 Å². The van der Waals surface area contributed by atoms with Crippen molar-refractivity contribution in [2.45, 2.75) is 0 Å². The van der Waals surface area contributed by atoms with Crippen LogP contribution in [0.1, 0.15) is 0 Å². The molecule has 0 saturated carbocycles. The van der Waals surface area contributed by atoms with Gasteiger partial charge in [-0.2, -0.15) is 0 Å². The number of hydrogen-bond donors (Lipinski definition) is 1. The zero-order chi connectivity index (χ0) is 12.3. The fourth-order valence-electron chi connectivity index (χ4n) is 1.22. The molecular formula is C11H9ClN2O3. The van der Waals surface area contributed by atoms with Gasteiger partial charge >= 0.3 is 0 Å². The van der Waals surface area contributed by atoms with E-state index in [1.165, 1.54) is 6.07 Å². The minimum absolute atomic E-state index is 0.0670. The molecule has 1 aromatic carbocycles. The summed E-state index contributed by atoms with van der Waals surface area (Å²) in [6.07, 6.45) is 0. The van der Waals surface area contributed by atoms with E-state index in [9.17, 15) is 4.79 Å². The van der Waals surface area contributed by atoms with Crippen LogP contribution in [0.3, 0.4) is 0 Å². The van der Waals surface area contributed by atoms with Crippen molar-refractivity contribution in [3.8, 4) is 17.4 Å². The summed E-state index contributed by atoms with van der Waals surface area (Å²) in [5.74, 6) is 1.03. The molecular weight excluding hydrogens is 244 g/mol. The number of nitrogens with zero attached hydrogens (tertiary/aromatic N) is 1. The molecule has 0 aliphatic heterocycles. The maximum Gasteiger partial charge on any atom is 0.285 e. The molecule has 0 amide bonds. The standard InChI is InChI=1S/C11H9ClN2O3/c1-16-7-3-2-4-8(5-7)17-11-9(15)6-10(12)13-14-11/h2-6H,1H3,(H,13,15). The molecule has 17 heavy (non-hydrogen) atoms. The van der Waals surface area contributed by atoms with Gasteiger partial charge in [0.15, 0.2) is 0 Å². The van der Waals surface area contributed by atoms with E-state index in [1.54, 1.807) is 31.4 Å². The first-order chi connectivity index (χ1) is 8.19. The van der Waals surface area contributed by atoms with Gasteiger partial charge in [-0.15, -0.1) is 5.10 Å². The predicted molar refractivity (Wildman–Crippen MR) is 62.9 cm³/mol. The third-order valence-electron chi connectivity index (χ3n) is 1.99. The van der Waals surface area contributed by atoms with Gasteiger partial charge in [0.2, 0.25) is 5.43 Å². The predicted octanol–water partition coefficient (Wildman–Crippen LogP) is 2.22. The molecule has 1 aromatic heterocycles. The van der Waals surface area contributed by atoms with Crippen LogP contribution < -0.4 is 14.9 Å². The Kier molecular flexibility index (Phi) is 3.30. The van der Waals surface area contributed by atoms with Crippen molar-refractivity contribution < 1.29 is 9.47 Å². The summed E-state index contributed by atoms with van der Waals surface area (Å²) in [7, 11) is 1.55. The van der Waals surface area contributed by atoms with E-state index in [0.717, 1.165) is 0 Å². The van der Waals surface area contributed by atoms with Crippen LogP contribution in [0.4, 0.5) is 0 Å². The maximum atomic E-state index is 11.5. The fraction of sp³-hybridized carbons (Fsp3) is 0.0909. The van der Waals surface area contributed by atoms with E-state index < -0.39 is 5.43 Å². The summed E-state index contributed by atoms with van der Waals surface area (Å²) < 4.78 is 10.3. The van der Waals surface area contributed by atoms with Gasteiger partial charge in [-0.05, 0) is 12.1 Å². The Bertz CT molecular complexity index is 583. The number of nitrogens with one attached hydrogen (secondary N) is 1. The zero-order valence-corrected chi connectivity index (χ0v) is 9.69. The monoisotopic (exact) mass is 252 g/mol. The van der Waals surface area contributed by atoms with E-state index in [0.29, 0.717) is 11.5 Å². The lowest BCUT2D eigenvalue weighted by atomic mass is 10.3. The lowest BCUT2D eigenvalue weighted by Crippen LogP contribution is -2.07. The van der Waals surface area contributed by atoms with Gasteiger partial charge in [0, 0.05) is 12.1 Å². The number of aromatic nitrogens is 2. The van der Waals surface area contributed by atoms with Gasteiger partial charge in [0.25, 0.3) is 5.88 Å². The number of halogens is 1. The van der Waals surface area contributed by atoms with Crippen LogP contribution in [0.25, 0.3) is 0 Å². The van der Waals surface area contributed by atoms with Crippen LogP contribution in [0.5, 0.6) is 17.4 Å². The summed E-state index contributed by atoms with van der Waals surface area (Å²) in [6.45, 7) is 0. The largest absolute Gasteiger partial charge is 0.497 e. The highest BCUT2D eigenvalue weighted by Gasteiger charge is 2.05. The van der Waals surface area contributed by atoms with Gasteiger partial charge in [-0.3, -0.25) is 9.89 Å². The minimum Gasteiger partial charge on any atom is -0.497 e. The normalized spacial score (nSPS) is 10.0. The van der Waals surface area contributed by atoms with Crippen LogP contribution >= 0.6 is 11.6 Å². The Morgan fingerprint density at radius 2 is 2.06 bits per heavy atom. The second-order valence-corrected chi connectivity index (χ2v) is 3.57. The first kappa shape index (κ1) is 11.5. The lowest BCUT2D eigenvalue weighted by molar-refractivity contribution is 0.406. The molecule has 0 fully saturated rings. The number of methoxy groups -OCH3 is 1. The average molecular weight is 253 g/mol. The van der Waals surface area contributed by atoms with Crippen LogP contribution in [0.2, 0.25) is 5.15 Å². The summed E-state index contributed by atoms with van der Waals surface area (Å²) in [6, 6.07) is 8.06. The van der Waals surface area contributed by atoms with Crippen LogP contribution in [-0.4, -0.2) is 17.3 Å². The number of H-pyrrole nitrogens is 1. The molecule has 2 rings (SSSR count). The Labute approximate surface area is 102 Å². The van der Waals surface area contributed by atoms with Crippen molar-refractivity contribution in [3.63, 3.8) is 0 Å². The van der Waals surface area contributed by atoms with Crippen molar-refractivity contribution >= 4 is 11.6 Å². The number of rotatable bonds is 3. The molecule has 0 saturated heterocycles. The Balaban J connectivity index is 2.28. The first-order valence-corrected chi connectivity index (χ1v) is 5.14. The quantitative estimate of drug-likeness (QED) is 0.910. The second kappa shape index (κ2) is 4.88. The highest BCUT2D eigenvalue weighted by atomic mass is 35.5. The number of ether oxygens (including phenoxy) is 2. The molecule has 0 unspecified atom stereocenters. The van der Waals surface area contributed by atoms with Crippen molar-refractivity contribution in [2.75, 3.05) is 7.11 Å². The van der Waals surface area contributed by atoms with Crippen molar-refractivity contribution in [1.82, 2.24) is 10.2 Å². The van der Waals surface area contributed by atoms with E-state index in [1.807, 2.05) is 0 Å². The third kappa shape index (κ3) is 2.76. The molecule has 88 valence electrons. The van der Waals surface area contributed by atoms with Gasteiger partial charge in [-0.1, -0.05) is 17.7 Å². The fourth-order valence-corrected chi connectivity index (χ4v) is 1.36. The Morgan fingerprint density at radius 3 is 2.76 bits per heavy atom. The Hall–Kier alpha value is -2.01. The number of benzene rings is 1. The van der Waals surface area contributed by atoms with Crippen LogP contribution in [0, 0.1) is 0 Å². The highest BCUT2D eigenvalue weighted by molar-refractivity contribution is 6.29. The first-order valence-electron chi connectivity index (χ1n) is 4.76. The van der Waals surface area contributed by atoms with Gasteiger partial charge in [0.05, 0.1) is 7.11 Å². The molecule has 0 aliphatic carbocycles. The minimum atomic E-state index is -0.392. The molecule has 6 heteroatoms. The van der Waals surface area contributed by atoms with E-state index >= 15 is 0 Å². The Morgan fingerprint density at radius 1 is 1.29 bits per heavy atom. The number of hydrogen-bond acceptors (Lipinski definition) is 4. The van der Waals surface area contributed by atoms with Crippen LogP contribution in [-0.2, 0) is 0 Å². The highest BCUT2D eigenvalue weighted by Crippen LogP contribution is 2.22. The molecule has 0 radical (unpaired) electrons.